The molecule has 3 rings (SSSR count). The van der Waals surface area contributed by atoms with Crippen LogP contribution in [0.1, 0.15) is 12.5 Å². The molecule has 35 heavy (non-hydrogen) atoms. The molecular weight excluding hydrogens is 511 g/mol. The maximum absolute atomic E-state index is 13.5. The van der Waals surface area contributed by atoms with Gasteiger partial charge in [0.25, 0.3) is 10.0 Å². The Morgan fingerprint density at radius 2 is 1.80 bits per heavy atom. The molecule has 0 aliphatic carbocycles. The summed E-state index contributed by atoms with van der Waals surface area (Å²) in [7, 11) is -4.09. The first-order chi connectivity index (χ1) is 16.8. The normalized spacial score (nSPS) is 11.2. The first kappa shape index (κ1) is 26.8. The van der Waals surface area contributed by atoms with Crippen molar-refractivity contribution in [1.29, 1.82) is 0 Å². The fourth-order valence-electron chi connectivity index (χ4n) is 3.19. The van der Waals surface area contributed by atoms with Crippen molar-refractivity contribution in [2.24, 2.45) is 0 Å². The van der Waals surface area contributed by atoms with Gasteiger partial charge in [-0.3, -0.25) is 9.10 Å². The highest BCUT2D eigenvalue weighted by Crippen LogP contribution is 2.25. The van der Waals surface area contributed by atoms with Crippen molar-refractivity contribution in [3.63, 3.8) is 0 Å². The molecule has 0 spiro atoms. The van der Waals surface area contributed by atoms with Gasteiger partial charge in [-0.1, -0.05) is 23.7 Å². The molecule has 186 valence electrons. The molecule has 3 aromatic carbocycles. The largest absolute Gasteiger partial charge is 0.494 e. The molecule has 1 amide bonds. The number of carbonyl (C=O) groups is 1. The standard InChI is InChI=1S/C25H26ClFN2O4S2/c1-2-33-23-10-12-24(13-11-23)35(31,32)29(22-8-6-21(27)7-9-22)17-25(30)28-14-15-34-18-19-4-3-5-20(26)16-19/h3-13,16H,2,14-15,17-18H2,1H3,(H,28,30). The molecule has 6 nitrogen and oxygen atoms in total. The SMILES string of the molecule is CCOc1ccc(S(=O)(=O)N(CC(=O)NCCSCc2cccc(Cl)c2)c2ccc(F)cc2)cc1. The zero-order valence-electron chi connectivity index (χ0n) is 19.1. The first-order valence-electron chi connectivity index (χ1n) is 10.9. The molecule has 0 bridgehead atoms. The predicted molar refractivity (Wildman–Crippen MR) is 139 cm³/mol. The average Bonchev–Trinajstić information content (AvgIpc) is 2.83. The molecule has 0 aliphatic heterocycles. The quantitative estimate of drug-likeness (QED) is 0.325. The van der Waals surface area contributed by atoms with Gasteiger partial charge in [-0.25, -0.2) is 12.8 Å². The van der Waals surface area contributed by atoms with Crippen LogP contribution < -0.4 is 14.4 Å². The second kappa shape index (κ2) is 12.8. The lowest BCUT2D eigenvalue weighted by Crippen LogP contribution is -2.41. The van der Waals surface area contributed by atoms with E-state index >= 15 is 0 Å². The number of nitrogens with zero attached hydrogens (tertiary/aromatic N) is 1. The minimum Gasteiger partial charge on any atom is -0.494 e. The van der Waals surface area contributed by atoms with Crippen LogP contribution in [0.15, 0.2) is 77.7 Å². The van der Waals surface area contributed by atoms with Crippen molar-refractivity contribution >= 4 is 45.0 Å². The molecule has 10 heteroatoms. The van der Waals surface area contributed by atoms with Gasteiger partial charge in [-0.15, -0.1) is 0 Å². The molecule has 0 saturated heterocycles. The Morgan fingerprint density at radius 1 is 1.09 bits per heavy atom. The van der Waals surface area contributed by atoms with E-state index in [0.29, 0.717) is 29.7 Å². The van der Waals surface area contributed by atoms with E-state index in [9.17, 15) is 17.6 Å². The van der Waals surface area contributed by atoms with Crippen molar-refractivity contribution in [2.45, 2.75) is 17.6 Å². The molecule has 0 unspecified atom stereocenters. The number of carbonyl (C=O) groups excluding carboxylic acids is 1. The van der Waals surface area contributed by atoms with E-state index in [2.05, 4.69) is 5.32 Å². The topological polar surface area (TPSA) is 75.7 Å². The lowest BCUT2D eigenvalue weighted by Gasteiger charge is -2.24. The van der Waals surface area contributed by atoms with Crippen LogP contribution in [-0.4, -0.2) is 39.8 Å². The summed E-state index contributed by atoms with van der Waals surface area (Å²) in [6.45, 7) is 2.20. The molecule has 0 fully saturated rings. The fraction of sp³-hybridized carbons (Fsp3) is 0.240. The van der Waals surface area contributed by atoms with Crippen LogP contribution in [0.25, 0.3) is 0 Å². The minimum absolute atomic E-state index is 0.00449. The molecule has 0 saturated carbocycles. The minimum atomic E-state index is -4.09. The number of amides is 1. The summed E-state index contributed by atoms with van der Waals surface area (Å²) in [5.41, 5.74) is 1.27. The van der Waals surface area contributed by atoms with Gasteiger partial charge < -0.3 is 10.1 Å². The first-order valence-corrected chi connectivity index (χ1v) is 13.9. The Hall–Kier alpha value is -2.75. The molecule has 0 aromatic heterocycles. The highest BCUT2D eigenvalue weighted by Gasteiger charge is 2.27. The van der Waals surface area contributed by atoms with Gasteiger partial charge in [0.15, 0.2) is 0 Å². The summed E-state index contributed by atoms with van der Waals surface area (Å²) < 4.78 is 46.6. The second-order valence-electron chi connectivity index (χ2n) is 7.42. The average molecular weight is 537 g/mol. The Balaban J connectivity index is 1.65. The van der Waals surface area contributed by atoms with E-state index in [-0.39, 0.29) is 10.6 Å². The van der Waals surface area contributed by atoms with E-state index in [1.54, 1.807) is 23.9 Å². The van der Waals surface area contributed by atoms with Gasteiger partial charge in [-0.05, 0) is 73.2 Å². The number of thioether (sulfide) groups is 1. The number of benzene rings is 3. The molecule has 0 aliphatic rings. The van der Waals surface area contributed by atoms with Gasteiger partial charge >= 0.3 is 0 Å². The van der Waals surface area contributed by atoms with E-state index in [0.717, 1.165) is 27.8 Å². The number of halogens is 2. The number of sulfonamides is 1. The highest BCUT2D eigenvalue weighted by atomic mass is 35.5. The van der Waals surface area contributed by atoms with E-state index < -0.39 is 28.3 Å². The number of nitrogens with one attached hydrogen (secondary N) is 1. The number of hydrogen-bond donors (Lipinski definition) is 1. The third-order valence-electron chi connectivity index (χ3n) is 4.85. The Labute approximate surface area is 214 Å². The predicted octanol–water partition coefficient (Wildman–Crippen LogP) is 5.12. The van der Waals surface area contributed by atoms with Gasteiger partial charge in [-0.2, -0.15) is 11.8 Å². The highest BCUT2D eigenvalue weighted by molar-refractivity contribution is 7.98. The van der Waals surface area contributed by atoms with Crippen LogP contribution in [0.5, 0.6) is 5.75 Å². The number of hydrogen-bond acceptors (Lipinski definition) is 5. The smallest absolute Gasteiger partial charge is 0.264 e. The Bertz CT molecular complexity index is 1220. The van der Waals surface area contributed by atoms with Crippen LogP contribution in [0.2, 0.25) is 5.02 Å². The number of rotatable bonds is 12. The summed E-state index contributed by atoms with van der Waals surface area (Å²) in [5.74, 6) is 0.943. The third kappa shape index (κ3) is 7.88. The zero-order valence-corrected chi connectivity index (χ0v) is 21.5. The van der Waals surface area contributed by atoms with Crippen molar-refractivity contribution in [1.82, 2.24) is 5.32 Å². The molecule has 1 N–H and O–H groups in total. The Morgan fingerprint density at radius 3 is 2.46 bits per heavy atom. The summed E-state index contributed by atoms with van der Waals surface area (Å²) in [6.07, 6.45) is 0. The van der Waals surface area contributed by atoms with Crippen molar-refractivity contribution in [3.8, 4) is 5.75 Å². The molecule has 0 heterocycles. The molecule has 0 atom stereocenters. The van der Waals surface area contributed by atoms with Gasteiger partial charge in [0.05, 0.1) is 17.2 Å². The second-order valence-corrected chi connectivity index (χ2v) is 10.8. The molecular formula is C25H26ClFN2O4S2. The van der Waals surface area contributed by atoms with Crippen LogP contribution >= 0.6 is 23.4 Å². The van der Waals surface area contributed by atoms with Crippen LogP contribution in [0.3, 0.4) is 0 Å². The number of anilines is 1. The van der Waals surface area contributed by atoms with E-state index in [4.69, 9.17) is 16.3 Å². The maximum atomic E-state index is 13.5. The lowest BCUT2D eigenvalue weighted by atomic mass is 10.2. The van der Waals surface area contributed by atoms with E-state index in [1.165, 1.54) is 24.3 Å². The maximum Gasteiger partial charge on any atom is 0.264 e. The van der Waals surface area contributed by atoms with Gasteiger partial charge in [0.2, 0.25) is 5.91 Å². The van der Waals surface area contributed by atoms with Gasteiger partial charge in [0.1, 0.15) is 18.1 Å². The third-order valence-corrected chi connectivity index (χ3v) is 7.90. The molecule has 3 aromatic rings. The lowest BCUT2D eigenvalue weighted by molar-refractivity contribution is -0.119. The molecule has 0 radical (unpaired) electrons. The Kier molecular flexibility index (Phi) is 9.83. The van der Waals surface area contributed by atoms with Crippen LogP contribution in [-0.2, 0) is 20.6 Å². The monoisotopic (exact) mass is 536 g/mol. The van der Waals surface area contributed by atoms with Crippen molar-refractivity contribution < 1.29 is 22.3 Å². The van der Waals surface area contributed by atoms with Gasteiger partial charge in [0, 0.05) is 23.1 Å². The number of ether oxygens (including phenoxy) is 1. The van der Waals surface area contributed by atoms with Crippen LogP contribution in [0.4, 0.5) is 10.1 Å². The van der Waals surface area contributed by atoms with Crippen molar-refractivity contribution in [2.75, 3.05) is 29.8 Å². The van der Waals surface area contributed by atoms with E-state index in [1.807, 2.05) is 31.2 Å². The summed E-state index contributed by atoms with van der Waals surface area (Å²) in [5, 5.41) is 3.43. The van der Waals surface area contributed by atoms with Crippen molar-refractivity contribution in [3.05, 3.63) is 89.2 Å². The summed E-state index contributed by atoms with van der Waals surface area (Å²) in [6, 6.07) is 18.5. The summed E-state index contributed by atoms with van der Waals surface area (Å²) >= 11 is 7.61. The van der Waals surface area contributed by atoms with Crippen LogP contribution in [0, 0.1) is 5.82 Å². The fourth-order valence-corrected chi connectivity index (χ4v) is 5.63. The zero-order chi connectivity index (χ0) is 25.3. The summed E-state index contributed by atoms with van der Waals surface area (Å²) in [4.78, 5) is 12.6.